The van der Waals surface area contributed by atoms with Crippen LogP contribution in [0.5, 0.6) is 5.75 Å². The lowest BCUT2D eigenvalue weighted by atomic mass is 9.91. The SMILES string of the molecule is c1ccc(CN2CCC3(CC2)Oc2ccccc2[C@@H]2CC(c4cccs4)=NN23)cc1. The first-order chi connectivity index (χ1) is 14.8. The van der Waals surface area contributed by atoms with Crippen LogP contribution in [-0.2, 0) is 6.54 Å². The van der Waals surface area contributed by atoms with Gasteiger partial charge in [-0.15, -0.1) is 11.3 Å². The zero-order valence-corrected chi connectivity index (χ0v) is 17.7. The molecule has 0 amide bonds. The van der Waals surface area contributed by atoms with Crippen LogP contribution in [0.2, 0.25) is 0 Å². The molecule has 1 spiro atoms. The molecule has 6 rings (SSSR count). The van der Waals surface area contributed by atoms with Crippen LogP contribution in [0.4, 0.5) is 0 Å². The van der Waals surface area contributed by atoms with Gasteiger partial charge in [-0.05, 0) is 23.1 Å². The highest BCUT2D eigenvalue weighted by molar-refractivity contribution is 7.12. The molecule has 1 aromatic heterocycles. The fourth-order valence-electron chi connectivity index (χ4n) is 5.05. The zero-order valence-electron chi connectivity index (χ0n) is 16.9. The lowest BCUT2D eigenvalue weighted by Gasteiger charge is -2.51. The Bertz CT molecular complexity index is 1060. The van der Waals surface area contributed by atoms with Crippen molar-refractivity contribution in [1.82, 2.24) is 9.91 Å². The molecular weight excluding hydrogens is 390 g/mol. The molecule has 4 heterocycles. The maximum atomic E-state index is 6.73. The highest BCUT2D eigenvalue weighted by atomic mass is 32.1. The van der Waals surface area contributed by atoms with Gasteiger partial charge in [0.05, 0.1) is 16.6 Å². The van der Waals surface area contributed by atoms with Crippen LogP contribution in [0, 0.1) is 0 Å². The van der Waals surface area contributed by atoms with E-state index in [-0.39, 0.29) is 11.8 Å². The molecule has 1 atom stereocenters. The summed E-state index contributed by atoms with van der Waals surface area (Å²) in [6.45, 7) is 3.04. The quantitative estimate of drug-likeness (QED) is 0.582. The van der Waals surface area contributed by atoms with Gasteiger partial charge in [0.25, 0.3) is 0 Å². The monoisotopic (exact) mass is 415 g/mol. The molecule has 4 nitrogen and oxygen atoms in total. The number of rotatable bonds is 3. The average Bonchev–Trinajstić information content (AvgIpc) is 3.47. The molecule has 30 heavy (non-hydrogen) atoms. The number of likely N-dealkylation sites (tertiary alicyclic amines) is 1. The average molecular weight is 416 g/mol. The van der Waals surface area contributed by atoms with Gasteiger partial charge in [-0.1, -0.05) is 54.6 Å². The van der Waals surface area contributed by atoms with Crippen molar-refractivity contribution in [2.75, 3.05) is 13.1 Å². The topological polar surface area (TPSA) is 28.1 Å². The Kier molecular flexibility index (Phi) is 4.39. The van der Waals surface area contributed by atoms with Gasteiger partial charge in [-0.25, -0.2) is 5.01 Å². The summed E-state index contributed by atoms with van der Waals surface area (Å²) >= 11 is 1.78. The summed E-state index contributed by atoms with van der Waals surface area (Å²) in [5, 5.41) is 9.60. The summed E-state index contributed by atoms with van der Waals surface area (Å²) in [5.74, 6) is 1.04. The van der Waals surface area contributed by atoms with Gasteiger partial charge < -0.3 is 4.74 Å². The standard InChI is InChI=1S/C25H25N3OS/c1-2-7-19(8-3-1)18-27-14-12-25(13-15-27)28-22(20-9-4-5-10-23(20)29-25)17-21(26-28)24-11-6-16-30-24/h1-11,16,22H,12-15,17-18H2/t22-/m0/s1. The van der Waals surface area contributed by atoms with E-state index < -0.39 is 0 Å². The van der Waals surface area contributed by atoms with Gasteiger partial charge in [0.2, 0.25) is 5.72 Å². The van der Waals surface area contributed by atoms with E-state index in [0.29, 0.717) is 0 Å². The summed E-state index contributed by atoms with van der Waals surface area (Å²) in [7, 11) is 0. The summed E-state index contributed by atoms with van der Waals surface area (Å²) in [4.78, 5) is 3.82. The van der Waals surface area contributed by atoms with E-state index >= 15 is 0 Å². The van der Waals surface area contributed by atoms with Gasteiger partial charge in [0.15, 0.2) is 0 Å². The van der Waals surface area contributed by atoms with Crippen molar-refractivity contribution >= 4 is 17.0 Å². The number of piperidine rings is 1. The maximum absolute atomic E-state index is 6.73. The molecule has 0 saturated carbocycles. The van der Waals surface area contributed by atoms with Crippen LogP contribution < -0.4 is 4.74 Å². The molecule has 0 radical (unpaired) electrons. The molecule has 0 unspecified atom stereocenters. The molecule has 0 N–H and O–H groups in total. The van der Waals surface area contributed by atoms with Crippen molar-refractivity contribution < 1.29 is 4.74 Å². The van der Waals surface area contributed by atoms with Crippen molar-refractivity contribution in [3.05, 3.63) is 88.1 Å². The van der Waals surface area contributed by atoms with Crippen LogP contribution in [0.15, 0.2) is 77.2 Å². The predicted octanol–water partition coefficient (Wildman–Crippen LogP) is 5.28. The molecule has 3 aromatic rings. The van der Waals surface area contributed by atoms with Gasteiger partial charge in [-0.2, -0.15) is 5.10 Å². The minimum Gasteiger partial charge on any atom is -0.466 e. The number of hydrogen-bond acceptors (Lipinski definition) is 5. The molecule has 1 saturated heterocycles. The Morgan fingerprint density at radius 2 is 1.77 bits per heavy atom. The summed E-state index contributed by atoms with van der Waals surface area (Å²) in [6.07, 6.45) is 2.88. The fraction of sp³-hybridized carbons (Fsp3) is 0.320. The van der Waals surface area contributed by atoms with Crippen LogP contribution >= 0.6 is 11.3 Å². The first-order valence-corrected chi connectivity index (χ1v) is 11.6. The second-order valence-corrected chi connectivity index (χ2v) is 9.38. The number of nitrogens with zero attached hydrogens (tertiary/aromatic N) is 3. The van der Waals surface area contributed by atoms with Crippen molar-refractivity contribution in [2.24, 2.45) is 5.10 Å². The van der Waals surface area contributed by atoms with Crippen LogP contribution in [0.3, 0.4) is 0 Å². The first-order valence-electron chi connectivity index (χ1n) is 10.8. The van der Waals surface area contributed by atoms with E-state index in [0.717, 1.165) is 44.6 Å². The molecule has 152 valence electrons. The molecule has 3 aliphatic heterocycles. The molecule has 1 fully saturated rings. The fourth-order valence-corrected chi connectivity index (χ4v) is 5.77. The molecule has 3 aliphatic rings. The molecule has 5 heteroatoms. The number of thiophene rings is 1. The Hall–Kier alpha value is -2.63. The lowest BCUT2D eigenvalue weighted by molar-refractivity contribution is -0.150. The normalized spacial score (nSPS) is 22.3. The third kappa shape index (κ3) is 3.04. The van der Waals surface area contributed by atoms with Gasteiger partial charge >= 0.3 is 0 Å². The van der Waals surface area contributed by atoms with Gasteiger partial charge in [0.1, 0.15) is 5.75 Å². The van der Waals surface area contributed by atoms with E-state index in [1.807, 2.05) is 0 Å². The highest BCUT2D eigenvalue weighted by Gasteiger charge is 2.51. The molecule has 2 aromatic carbocycles. The van der Waals surface area contributed by atoms with Crippen LogP contribution in [0.1, 0.15) is 41.3 Å². The van der Waals surface area contributed by atoms with Gasteiger partial charge in [0, 0.05) is 44.5 Å². The van der Waals surface area contributed by atoms with E-state index in [4.69, 9.17) is 9.84 Å². The second-order valence-electron chi connectivity index (χ2n) is 8.44. The van der Waals surface area contributed by atoms with Gasteiger partial charge in [-0.3, -0.25) is 4.90 Å². The van der Waals surface area contributed by atoms with Crippen molar-refractivity contribution in [3.8, 4) is 5.75 Å². The zero-order chi connectivity index (χ0) is 20.0. The third-order valence-electron chi connectivity index (χ3n) is 6.60. The Balaban J connectivity index is 1.29. The van der Waals surface area contributed by atoms with E-state index in [9.17, 15) is 0 Å². The summed E-state index contributed by atoms with van der Waals surface area (Å²) in [5.41, 5.74) is 3.50. The minimum atomic E-state index is -0.342. The number of ether oxygens (including phenoxy) is 1. The van der Waals surface area contributed by atoms with Crippen LogP contribution in [0.25, 0.3) is 0 Å². The number of benzene rings is 2. The number of fused-ring (bicyclic) bond motifs is 4. The van der Waals surface area contributed by atoms with E-state index in [1.54, 1.807) is 11.3 Å². The predicted molar refractivity (Wildman–Crippen MR) is 121 cm³/mol. The first kappa shape index (κ1) is 18.2. The Labute approximate surface area is 181 Å². The highest BCUT2D eigenvalue weighted by Crippen LogP contribution is 2.50. The molecule has 0 bridgehead atoms. The third-order valence-corrected chi connectivity index (χ3v) is 7.52. The summed E-state index contributed by atoms with van der Waals surface area (Å²) < 4.78 is 6.73. The lowest BCUT2D eigenvalue weighted by Crippen LogP contribution is -2.59. The Morgan fingerprint density at radius 3 is 2.57 bits per heavy atom. The van der Waals surface area contributed by atoms with Crippen LogP contribution in [-0.4, -0.2) is 34.4 Å². The second kappa shape index (κ2) is 7.25. The number of hydrazone groups is 1. The number of hydrogen-bond donors (Lipinski definition) is 0. The Morgan fingerprint density at radius 1 is 0.967 bits per heavy atom. The van der Waals surface area contributed by atoms with Crippen molar-refractivity contribution in [3.63, 3.8) is 0 Å². The summed E-state index contributed by atoms with van der Waals surface area (Å²) in [6, 6.07) is 23.9. The molecular formula is C25H25N3OS. The van der Waals surface area contributed by atoms with Crippen molar-refractivity contribution in [1.29, 1.82) is 0 Å². The maximum Gasteiger partial charge on any atom is 0.200 e. The van der Waals surface area contributed by atoms with E-state index in [1.165, 1.54) is 21.7 Å². The minimum absolute atomic E-state index is 0.271. The van der Waals surface area contributed by atoms with E-state index in [2.05, 4.69) is 82.0 Å². The largest absolute Gasteiger partial charge is 0.466 e. The number of para-hydroxylation sites is 1. The molecule has 0 aliphatic carbocycles. The smallest absolute Gasteiger partial charge is 0.200 e. The van der Waals surface area contributed by atoms with Crippen molar-refractivity contribution in [2.45, 2.75) is 37.6 Å².